The molecule has 6 nitrogen and oxygen atoms in total. The van der Waals surface area contributed by atoms with Crippen LogP contribution in [0.5, 0.6) is 0 Å². The molecule has 0 rings (SSSR count). The van der Waals surface area contributed by atoms with E-state index in [1.54, 1.807) is 0 Å². The van der Waals surface area contributed by atoms with Gasteiger partial charge in [0.2, 0.25) is 5.91 Å². The average molecular weight is 237 g/mol. The molecule has 86 valence electrons. The number of nitrogens with one attached hydrogen (secondary N) is 1. The van der Waals surface area contributed by atoms with Crippen molar-refractivity contribution in [2.45, 2.75) is 31.3 Å². The fourth-order valence-corrected chi connectivity index (χ4v) is 1.01. The standard InChI is InChI=1S/C8H13ClN2O4/c1-4(12)7(9)11-5(8(14)15)2-3-6(10)13/h5,7,11H,2-3H2,1H3,(H2,10,13)(H,14,15)/t5-,7?/m0/s1. The van der Waals surface area contributed by atoms with Gasteiger partial charge in [-0.2, -0.15) is 0 Å². The summed E-state index contributed by atoms with van der Waals surface area (Å²) < 4.78 is 0. The zero-order chi connectivity index (χ0) is 12.0. The summed E-state index contributed by atoms with van der Waals surface area (Å²) in [6, 6.07) is -1.05. The van der Waals surface area contributed by atoms with Gasteiger partial charge in [0, 0.05) is 6.42 Å². The first-order valence-corrected chi connectivity index (χ1v) is 4.70. The molecule has 0 radical (unpaired) electrons. The predicted octanol–water partition coefficient (Wildman–Crippen LogP) is -0.551. The largest absolute Gasteiger partial charge is 0.480 e. The van der Waals surface area contributed by atoms with E-state index in [1.165, 1.54) is 6.92 Å². The highest BCUT2D eigenvalue weighted by molar-refractivity contribution is 6.30. The third kappa shape index (κ3) is 6.03. The van der Waals surface area contributed by atoms with Crippen molar-refractivity contribution in [3.8, 4) is 0 Å². The Morgan fingerprint density at radius 2 is 2.00 bits per heavy atom. The molecule has 15 heavy (non-hydrogen) atoms. The van der Waals surface area contributed by atoms with E-state index in [-0.39, 0.29) is 18.6 Å². The van der Waals surface area contributed by atoms with Crippen molar-refractivity contribution in [3.05, 3.63) is 0 Å². The Bertz CT molecular complexity index is 269. The van der Waals surface area contributed by atoms with Crippen molar-refractivity contribution in [1.29, 1.82) is 0 Å². The van der Waals surface area contributed by atoms with Crippen LogP contribution in [0.15, 0.2) is 0 Å². The van der Waals surface area contributed by atoms with Crippen molar-refractivity contribution < 1.29 is 19.5 Å². The number of nitrogens with two attached hydrogens (primary N) is 1. The number of amides is 1. The third-order valence-corrected chi connectivity index (χ3v) is 2.12. The number of primary amides is 1. The van der Waals surface area contributed by atoms with Crippen LogP contribution in [-0.4, -0.2) is 34.3 Å². The quantitative estimate of drug-likeness (QED) is 0.406. The summed E-state index contributed by atoms with van der Waals surface area (Å²) in [7, 11) is 0. The molecule has 0 aliphatic rings. The molecule has 0 heterocycles. The van der Waals surface area contributed by atoms with Crippen LogP contribution in [0.4, 0.5) is 0 Å². The summed E-state index contributed by atoms with van der Waals surface area (Å²) in [5, 5.41) is 11.1. The molecule has 1 amide bonds. The Hall–Kier alpha value is -1.14. The molecule has 0 aromatic carbocycles. The number of halogens is 1. The van der Waals surface area contributed by atoms with Crippen molar-refractivity contribution in [2.24, 2.45) is 5.73 Å². The van der Waals surface area contributed by atoms with Gasteiger partial charge in [-0.25, -0.2) is 0 Å². The monoisotopic (exact) mass is 236 g/mol. The van der Waals surface area contributed by atoms with E-state index in [0.717, 1.165) is 0 Å². The third-order valence-electron chi connectivity index (χ3n) is 1.68. The lowest BCUT2D eigenvalue weighted by molar-refractivity contribution is -0.139. The Balaban J connectivity index is 4.22. The van der Waals surface area contributed by atoms with E-state index in [9.17, 15) is 14.4 Å². The highest BCUT2D eigenvalue weighted by Gasteiger charge is 2.22. The number of aliphatic carboxylic acids is 1. The first kappa shape index (κ1) is 13.9. The molecule has 0 saturated carbocycles. The van der Waals surface area contributed by atoms with E-state index >= 15 is 0 Å². The zero-order valence-corrected chi connectivity index (χ0v) is 8.95. The lowest BCUT2D eigenvalue weighted by atomic mass is 10.1. The highest BCUT2D eigenvalue weighted by atomic mass is 35.5. The lowest BCUT2D eigenvalue weighted by Crippen LogP contribution is -2.44. The highest BCUT2D eigenvalue weighted by Crippen LogP contribution is 2.02. The van der Waals surface area contributed by atoms with Gasteiger partial charge in [0.25, 0.3) is 0 Å². The molecular weight excluding hydrogens is 224 g/mol. The number of carboxylic acids is 1. The Morgan fingerprint density at radius 3 is 2.33 bits per heavy atom. The predicted molar refractivity (Wildman–Crippen MR) is 53.3 cm³/mol. The smallest absolute Gasteiger partial charge is 0.320 e. The van der Waals surface area contributed by atoms with Gasteiger partial charge in [-0.1, -0.05) is 11.6 Å². The second kappa shape index (κ2) is 6.36. The fourth-order valence-electron chi connectivity index (χ4n) is 0.859. The molecule has 0 aliphatic heterocycles. The summed E-state index contributed by atoms with van der Waals surface area (Å²) in [5.74, 6) is -2.16. The number of Topliss-reactive ketones (excluding diaryl/α,β-unsaturated/α-hetero) is 1. The van der Waals surface area contributed by atoms with E-state index in [4.69, 9.17) is 22.4 Å². The number of hydrogen-bond donors (Lipinski definition) is 3. The number of carbonyl (C=O) groups excluding carboxylic acids is 2. The van der Waals surface area contributed by atoms with Gasteiger partial charge in [-0.05, 0) is 13.3 Å². The van der Waals surface area contributed by atoms with Gasteiger partial charge < -0.3 is 10.8 Å². The SMILES string of the molecule is CC(=O)C(Cl)N[C@@H](CCC(N)=O)C(=O)O. The van der Waals surface area contributed by atoms with Gasteiger partial charge in [-0.3, -0.25) is 19.7 Å². The van der Waals surface area contributed by atoms with Crippen LogP contribution in [0, 0.1) is 0 Å². The van der Waals surface area contributed by atoms with Gasteiger partial charge in [0.1, 0.15) is 11.5 Å². The van der Waals surface area contributed by atoms with Crippen LogP contribution < -0.4 is 11.1 Å². The molecular formula is C8H13ClN2O4. The number of hydrogen-bond acceptors (Lipinski definition) is 4. The lowest BCUT2D eigenvalue weighted by Gasteiger charge is -2.15. The molecule has 0 fully saturated rings. The van der Waals surface area contributed by atoms with Crippen LogP contribution >= 0.6 is 11.6 Å². The van der Waals surface area contributed by atoms with Crippen molar-refractivity contribution >= 4 is 29.3 Å². The van der Waals surface area contributed by atoms with Gasteiger partial charge in [0.15, 0.2) is 5.78 Å². The summed E-state index contributed by atoms with van der Waals surface area (Å²) in [5.41, 5.74) is 3.80. The maximum atomic E-state index is 10.8. The molecule has 4 N–H and O–H groups in total. The molecule has 0 aromatic heterocycles. The van der Waals surface area contributed by atoms with Crippen molar-refractivity contribution in [3.63, 3.8) is 0 Å². The van der Waals surface area contributed by atoms with Gasteiger partial charge in [0.05, 0.1) is 0 Å². The maximum absolute atomic E-state index is 10.8. The molecule has 0 bridgehead atoms. The normalized spacial score (nSPS) is 14.3. The van der Waals surface area contributed by atoms with E-state index in [0.29, 0.717) is 0 Å². The number of carbonyl (C=O) groups is 3. The molecule has 2 atom stereocenters. The van der Waals surface area contributed by atoms with Crippen molar-refractivity contribution in [1.82, 2.24) is 5.32 Å². The van der Waals surface area contributed by atoms with Crippen LogP contribution in [0.3, 0.4) is 0 Å². The second-order valence-corrected chi connectivity index (χ2v) is 3.47. The summed E-state index contributed by atoms with van der Waals surface area (Å²) >= 11 is 5.53. The van der Waals surface area contributed by atoms with Crippen LogP contribution in [0.25, 0.3) is 0 Å². The second-order valence-electron chi connectivity index (χ2n) is 3.04. The van der Waals surface area contributed by atoms with Crippen LogP contribution in [-0.2, 0) is 14.4 Å². The van der Waals surface area contributed by atoms with Crippen molar-refractivity contribution in [2.75, 3.05) is 0 Å². The average Bonchev–Trinajstić information content (AvgIpc) is 2.10. The first-order valence-electron chi connectivity index (χ1n) is 4.26. The minimum atomic E-state index is -1.18. The minimum Gasteiger partial charge on any atom is -0.480 e. The van der Waals surface area contributed by atoms with Crippen LogP contribution in [0.1, 0.15) is 19.8 Å². The van der Waals surface area contributed by atoms with E-state index < -0.39 is 23.4 Å². The topological polar surface area (TPSA) is 109 Å². The molecule has 0 aromatic rings. The maximum Gasteiger partial charge on any atom is 0.320 e. The first-order chi connectivity index (χ1) is 6.84. The Kier molecular flexibility index (Phi) is 5.88. The van der Waals surface area contributed by atoms with Gasteiger partial charge >= 0.3 is 5.97 Å². The number of rotatable bonds is 7. The summed E-state index contributed by atoms with van der Waals surface area (Å²) in [6.07, 6.45) is -0.0767. The molecule has 1 unspecified atom stereocenters. The number of alkyl halides is 1. The van der Waals surface area contributed by atoms with E-state index in [2.05, 4.69) is 5.32 Å². The summed E-state index contributed by atoms with van der Waals surface area (Å²) in [4.78, 5) is 31.9. The molecule has 0 spiro atoms. The molecule has 0 saturated heterocycles. The van der Waals surface area contributed by atoms with E-state index in [1.807, 2.05) is 0 Å². The minimum absolute atomic E-state index is 0.00116. The molecule has 7 heteroatoms. The molecule has 0 aliphatic carbocycles. The zero-order valence-electron chi connectivity index (χ0n) is 8.20. The summed E-state index contributed by atoms with van der Waals surface area (Å²) in [6.45, 7) is 1.23. The van der Waals surface area contributed by atoms with Crippen LogP contribution in [0.2, 0.25) is 0 Å². The Morgan fingerprint density at radius 1 is 1.47 bits per heavy atom. The Labute approximate surface area is 91.8 Å². The number of ketones is 1. The van der Waals surface area contributed by atoms with Gasteiger partial charge in [-0.15, -0.1) is 0 Å². The number of carboxylic acid groups (broad SMARTS) is 1. The fraction of sp³-hybridized carbons (Fsp3) is 0.625.